The highest BCUT2D eigenvalue weighted by molar-refractivity contribution is 6.51. The zero-order chi connectivity index (χ0) is 22.1. The monoisotopic (exact) mass is 416 g/mol. The second-order valence-corrected chi connectivity index (χ2v) is 6.87. The van der Waals surface area contributed by atoms with Gasteiger partial charge in [-0.05, 0) is 30.3 Å². The van der Waals surface area contributed by atoms with E-state index >= 15 is 0 Å². The number of hydrogen-bond acceptors (Lipinski definition) is 6. The van der Waals surface area contributed by atoms with Crippen LogP contribution in [0.25, 0.3) is 5.76 Å². The number of anilines is 1. The molecular weight excluding hydrogens is 400 g/mol. The van der Waals surface area contributed by atoms with Crippen LogP contribution < -0.4 is 4.90 Å². The van der Waals surface area contributed by atoms with E-state index in [-0.39, 0.29) is 28.3 Å². The van der Waals surface area contributed by atoms with Gasteiger partial charge in [0.1, 0.15) is 17.6 Å². The molecule has 0 saturated carbocycles. The number of amides is 1. The molecule has 154 valence electrons. The maximum Gasteiger partial charge on any atom is 0.300 e. The molecule has 0 aliphatic carbocycles. The summed E-state index contributed by atoms with van der Waals surface area (Å²) in [6.07, 6.45) is 0. The predicted octanol–water partition coefficient (Wildman–Crippen LogP) is 3.93. The number of aliphatic hydroxyl groups excluding tert-OH is 1. The lowest BCUT2D eigenvalue weighted by Crippen LogP contribution is -2.29. The summed E-state index contributed by atoms with van der Waals surface area (Å²) in [5.74, 6) is -2.38. The quantitative estimate of drug-likeness (QED) is 0.219. The van der Waals surface area contributed by atoms with E-state index in [4.69, 9.17) is 0 Å². The summed E-state index contributed by atoms with van der Waals surface area (Å²) in [7, 11) is 0. The van der Waals surface area contributed by atoms with E-state index in [2.05, 4.69) is 0 Å². The van der Waals surface area contributed by atoms with Crippen molar-refractivity contribution in [2.75, 3.05) is 4.90 Å². The number of hydrogen-bond donors (Lipinski definition) is 2. The number of nitro groups is 1. The lowest BCUT2D eigenvalue weighted by molar-refractivity contribution is -0.385. The molecule has 1 fully saturated rings. The molecule has 0 bridgehead atoms. The number of phenolic OH excluding ortho intramolecular Hbond substituents is 1. The zero-order valence-electron chi connectivity index (χ0n) is 16.0. The van der Waals surface area contributed by atoms with Crippen LogP contribution in [0.1, 0.15) is 17.2 Å². The van der Waals surface area contributed by atoms with Crippen LogP contribution in [0.15, 0.2) is 84.4 Å². The summed E-state index contributed by atoms with van der Waals surface area (Å²) in [6.45, 7) is 0. The van der Waals surface area contributed by atoms with Crippen molar-refractivity contribution in [2.24, 2.45) is 0 Å². The number of aliphatic hydroxyl groups is 1. The van der Waals surface area contributed by atoms with Crippen molar-refractivity contribution in [3.8, 4) is 5.75 Å². The molecule has 8 nitrogen and oxygen atoms in total. The van der Waals surface area contributed by atoms with E-state index in [9.17, 15) is 29.9 Å². The molecule has 1 saturated heterocycles. The zero-order valence-corrected chi connectivity index (χ0v) is 16.0. The van der Waals surface area contributed by atoms with Crippen LogP contribution >= 0.6 is 0 Å². The van der Waals surface area contributed by atoms with Gasteiger partial charge in [0.2, 0.25) is 0 Å². The van der Waals surface area contributed by atoms with E-state index in [0.717, 1.165) is 4.90 Å². The standard InChI is InChI=1S/C23H16N2O6/c26-16-12-10-15(11-13-16)24-20(17-8-4-5-9-18(17)25(30)31)19(22(28)23(24)29)21(27)14-6-2-1-3-7-14/h1-13,20,26-27H/b21-19-. The number of nitrogens with zero attached hydrogens (tertiary/aromatic N) is 2. The number of carbonyl (C=O) groups is 2. The van der Waals surface area contributed by atoms with Gasteiger partial charge in [-0.2, -0.15) is 0 Å². The average molecular weight is 416 g/mol. The van der Waals surface area contributed by atoms with Crippen LogP contribution in [0, 0.1) is 10.1 Å². The second kappa shape index (κ2) is 7.75. The smallest absolute Gasteiger partial charge is 0.300 e. The van der Waals surface area contributed by atoms with Gasteiger partial charge in [0.25, 0.3) is 17.4 Å². The van der Waals surface area contributed by atoms with Gasteiger partial charge in [0.05, 0.1) is 16.1 Å². The molecule has 2 N–H and O–H groups in total. The number of aromatic hydroxyl groups is 1. The predicted molar refractivity (Wildman–Crippen MR) is 112 cm³/mol. The molecule has 0 aromatic heterocycles. The minimum absolute atomic E-state index is 0.0492. The topological polar surface area (TPSA) is 121 Å². The van der Waals surface area contributed by atoms with Crippen molar-refractivity contribution in [1.82, 2.24) is 0 Å². The molecular formula is C23H16N2O6. The molecule has 8 heteroatoms. The summed E-state index contributed by atoms with van der Waals surface area (Å²) >= 11 is 0. The SMILES string of the molecule is O=C1C(=O)N(c2ccc(O)cc2)C(c2ccccc2[N+](=O)[O-])/C1=C(/O)c1ccccc1. The Kier molecular flexibility index (Phi) is 4.96. The van der Waals surface area contributed by atoms with Gasteiger partial charge in [0, 0.05) is 17.3 Å². The van der Waals surface area contributed by atoms with Gasteiger partial charge in [-0.15, -0.1) is 0 Å². The molecule has 1 aliphatic rings. The van der Waals surface area contributed by atoms with E-state index in [1.165, 1.54) is 42.5 Å². The Morgan fingerprint density at radius 1 is 0.903 bits per heavy atom. The molecule has 4 rings (SSSR count). The summed E-state index contributed by atoms with van der Waals surface area (Å²) in [5.41, 5.74) is 0.0814. The summed E-state index contributed by atoms with van der Waals surface area (Å²) in [5, 5.41) is 32.2. The van der Waals surface area contributed by atoms with Crippen LogP contribution in [0.2, 0.25) is 0 Å². The van der Waals surface area contributed by atoms with Crippen LogP contribution in [0.5, 0.6) is 5.75 Å². The Hall–Kier alpha value is -4.46. The normalized spacial score (nSPS) is 17.7. The minimum Gasteiger partial charge on any atom is -0.508 e. The Labute approximate surface area is 176 Å². The molecule has 1 atom stereocenters. The van der Waals surface area contributed by atoms with Crippen molar-refractivity contribution in [2.45, 2.75) is 6.04 Å². The third kappa shape index (κ3) is 3.40. The molecule has 31 heavy (non-hydrogen) atoms. The van der Waals surface area contributed by atoms with Crippen LogP contribution in [0.3, 0.4) is 0 Å². The molecule has 0 radical (unpaired) electrons. The number of ketones is 1. The first-order valence-electron chi connectivity index (χ1n) is 9.29. The van der Waals surface area contributed by atoms with Crippen LogP contribution in [-0.2, 0) is 9.59 Å². The first-order valence-corrected chi connectivity index (χ1v) is 9.29. The van der Waals surface area contributed by atoms with Gasteiger partial charge < -0.3 is 10.2 Å². The summed E-state index contributed by atoms with van der Waals surface area (Å²) < 4.78 is 0. The van der Waals surface area contributed by atoms with Gasteiger partial charge in [-0.3, -0.25) is 24.6 Å². The Balaban J connectivity index is 2.01. The molecule has 1 aliphatic heterocycles. The van der Waals surface area contributed by atoms with Gasteiger partial charge in [-0.1, -0.05) is 42.5 Å². The summed E-state index contributed by atoms with van der Waals surface area (Å²) in [4.78, 5) is 38.2. The number of Topliss-reactive ketones (excluding diaryl/α,β-unsaturated/α-hetero) is 1. The van der Waals surface area contributed by atoms with Crippen molar-refractivity contribution < 1.29 is 24.7 Å². The van der Waals surface area contributed by atoms with Gasteiger partial charge >= 0.3 is 0 Å². The lowest BCUT2D eigenvalue weighted by Gasteiger charge is -2.25. The highest BCUT2D eigenvalue weighted by Gasteiger charge is 2.48. The molecule has 1 amide bonds. The number of nitro benzene ring substituents is 1. The van der Waals surface area contributed by atoms with Crippen molar-refractivity contribution >= 4 is 28.8 Å². The highest BCUT2D eigenvalue weighted by Crippen LogP contribution is 2.44. The maximum atomic E-state index is 13.0. The van der Waals surface area contributed by atoms with Crippen molar-refractivity contribution in [1.29, 1.82) is 0 Å². The lowest BCUT2D eigenvalue weighted by atomic mass is 9.94. The Morgan fingerprint density at radius 3 is 2.16 bits per heavy atom. The third-order valence-corrected chi connectivity index (χ3v) is 5.05. The summed E-state index contributed by atoms with van der Waals surface area (Å²) in [6, 6.07) is 18.2. The fourth-order valence-electron chi connectivity index (χ4n) is 3.64. The minimum atomic E-state index is -1.23. The van der Waals surface area contributed by atoms with E-state index in [0.29, 0.717) is 5.56 Å². The van der Waals surface area contributed by atoms with Crippen LogP contribution in [0.4, 0.5) is 11.4 Å². The van der Waals surface area contributed by atoms with E-state index in [1.54, 1.807) is 36.4 Å². The largest absolute Gasteiger partial charge is 0.508 e. The molecule has 1 unspecified atom stereocenters. The fourth-order valence-corrected chi connectivity index (χ4v) is 3.64. The Morgan fingerprint density at radius 2 is 1.52 bits per heavy atom. The van der Waals surface area contributed by atoms with Crippen molar-refractivity contribution in [3.63, 3.8) is 0 Å². The second-order valence-electron chi connectivity index (χ2n) is 6.87. The molecule has 3 aromatic rings. The van der Waals surface area contributed by atoms with E-state index in [1.807, 2.05) is 0 Å². The molecule has 1 heterocycles. The number of rotatable bonds is 4. The highest BCUT2D eigenvalue weighted by atomic mass is 16.6. The van der Waals surface area contributed by atoms with Gasteiger partial charge in [0.15, 0.2) is 0 Å². The first kappa shape index (κ1) is 19.8. The number of benzene rings is 3. The fraction of sp³-hybridized carbons (Fsp3) is 0.0435. The van der Waals surface area contributed by atoms with Gasteiger partial charge in [-0.25, -0.2) is 0 Å². The number of carbonyl (C=O) groups excluding carboxylic acids is 2. The van der Waals surface area contributed by atoms with Crippen LogP contribution in [-0.4, -0.2) is 26.8 Å². The average Bonchev–Trinajstić information content (AvgIpc) is 3.05. The van der Waals surface area contributed by atoms with Crippen molar-refractivity contribution in [3.05, 3.63) is 106 Å². The molecule has 0 spiro atoms. The molecule has 3 aromatic carbocycles. The number of phenols is 1. The Bertz CT molecular complexity index is 1220. The number of para-hydroxylation sites is 1. The third-order valence-electron chi connectivity index (χ3n) is 5.05. The first-order chi connectivity index (χ1) is 14.9. The maximum absolute atomic E-state index is 13.0. The van der Waals surface area contributed by atoms with E-state index < -0.39 is 28.4 Å².